The second kappa shape index (κ2) is 13.2. The molecule has 0 aromatic heterocycles. The molecule has 0 unspecified atom stereocenters. The van der Waals surface area contributed by atoms with Crippen LogP contribution in [0, 0.1) is 0 Å². The summed E-state index contributed by atoms with van der Waals surface area (Å²) in [6, 6.07) is 20.6. The van der Waals surface area contributed by atoms with E-state index in [4.69, 9.17) is 9.47 Å². The topological polar surface area (TPSA) is 122 Å². The molecular weight excluding hydrogens is 554 g/mol. The Morgan fingerprint density at radius 1 is 0.850 bits per heavy atom. The van der Waals surface area contributed by atoms with E-state index in [-0.39, 0.29) is 28.6 Å². The van der Waals surface area contributed by atoms with Gasteiger partial charge in [-0.3, -0.25) is 9.10 Å². The number of hydrogen-bond acceptors (Lipinski definition) is 7. The van der Waals surface area contributed by atoms with Crippen molar-refractivity contribution in [1.29, 1.82) is 0 Å². The van der Waals surface area contributed by atoms with E-state index in [0.717, 1.165) is 23.6 Å². The number of piperidine rings is 1. The number of nitrogens with zero attached hydrogens (tertiary/aromatic N) is 2. The highest BCUT2D eigenvalue weighted by molar-refractivity contribution is 7.92. The van der Waals surface area contributed by atoms with E-state index in [1.54, 1.807) is 54.6 Å². The van der Waals surface area contributed by atoms with Crippen molar-refractivity contribution >= 4 is 31.6 Å². The standard InChI is InChI=1S/C28H33N3O7S2/c1-37-27-13-7-6-12-26(27)31(40(35,36)24-10-4-2-5-11-24)22-28(32)29-18-21-38-23-14-16-25(17-15-23)39(33,34)30-19-8-3-9-20-30/h2,4-7,10-17H,3,8-9,18-22H2,1H3,(H,29,32). The van der Waals surface area contributed by atoms with Gasteiger partial charge in [-0.25, -0.2) is 16.8 Å². The van der Waals surface area contributed by atoms with Gasteiger partial charge in [0, 0.05) is 13.1 Å². The molecule has 1 N–H and O–H groups in total. The lowest BCUT2D eigenvalue weighted by Crippen LogP contribution is -2.42. The molecule has 0 spiro atoms. The second-order valence-corrected chi connectivity index (χ2v) is 12.9. The normalized spacial score (nSPS) is 14.3. The summed E-state index contributed by atoms with van der Waals surface area (Å²) in [5.41, 5.74) is 0.236. The monoisotopic (exact) mass is 587 g/mol. The number of para-hydroxylation sites is 2. The molecule has 0 aliphatic carbocycles. The molecule has 1 fully saturated rings. The van der Waals surface area contributed by atoms with Gasteiger partial charge in [0.15, 0.2) is 0 Å². The smallest absolute Gasteiger partial charge is 0.264 e. The molecule has 1 heterocycles. The van der Waals surface area contributed by atoms with Gasteiger partial charge in [-0.05, 0) is 61.4 Å². The van der Waals surface area contributed by atoms with Gasteiger partial charge in [-0.1, -0.05) is 36.8 Å². The van der Waals surface area contributed by atoms with E-state index in [2.05, 4.69) is 5.32 Å². The van der Waals surface area contributed by atoms with E-state index in [1.165, 1.54) is 35.7 Å². The van der Waals surface area contributed by atoms with E-state index in [0.29, 0.717) is 24.6 Å². The Labute approximate surface area is 235 Å². The zero-order valence-corrected chi connectivity index (χ0v) is 23.9. The fourth-order valence-corrected chi connectivity index (χ4v) is 7.33. The summed E-state index contributed by atoms with van der Waals surface area (Å²) < 4.78 is 66.1. The zero-order valence-electron chi connectivity index (χ0n) is 22.2. The third kappa shape index (κ3) is 6.93. The number of anilines is 1. The predicted octanol–water partition coefficient (Wildman–Crippen LogP) is 3.26. The van der Waals surface area contributed by atoms with Crippen molar-refractivity contribution in [2.45, 2.75) is 29.1 Å². The predicted molar refractivity (Wildman–Crippen MR) is 152 cm³/mol. The lowest BCUT2D eigenvalue weighted by molar-refractivity contribution is -0.119. The van der Waals surface area contributed by atoms with Gasteiger partial charge in [0.05, 0.1) is 29.1 Å². The average Bonchev–Trinajstić information content (AvgIpc) is 2.99. The molecule has 10 nitrogen and oxygen atoms in total. The lowest BCUT2D eigenvalue weighted by Gasteiger charge is -2.26. The van der Waals surface area contributed by atoms with Crippen LogP contribution in [0.25, 0.3) is 0 Å². The number of amides is 1. The van der Waals surface area contributed by atoms with Crippen LogP contribution in [-0.2, 0) is 24.8 Å². The first-order chi connectivity index (χ1) is 19.2. The quantitative estimate of drug-likeness (QED) is 0.323. The van der Waals surface area contributed by atoms with Crippen LogP contribution >= 0.6 is 0 Å². The van der Waals surface area contributed by atoms with Crippen LogP contribution in [0.2, 0.25) is 0 Å². The number of ether oxygens (including phenoxy) is 2. The Morgan fingerprint density at radius 2 is 1.50 bits per heavy atom. The highest BCUT2D eigenvalue weighted by atomic mass is 32.2. The number of benzene rings is 3. The van der Waals surface area contributed by atoms with Gasteiger partial charge in [0.1, 0.15) is 24.7 Å². The minimum absolute atomic E-state index is 0.0442. The van der Waals surface area contributed by atoms with Crippen LogP contribution in [0.1, 0.15) is 19.3 Å². The molecule has 0 atom stereocenters. The van der Waals surface area contributed by atoms with Gasteiger partial charge in [0.2, 0.25) is 15.9 Å². The highest BCUT2D eigenvalue weighted by Gasteiger charge is 2.29. The molecule has 0 bridgehead atoms. The number of rotatable bonds is 12. The Balaban J connectivity index is 1.36. The molecule has 3 aromatic rings. The van der Waals surface area contributed by atoms with E-state index in [1.807, 2.05) is 0 Å². The molecule has 3 aromatic carbocycles. The van der Waals surface area contributed by atoms with Gasteiger partial charge >= 0.3 is 0 Å². The number of sulfonamides is 2. The second-order valence-electron chi connectivity index (χ2n) is 9.13. The maximum absolute atomic E-state index is 13.5. The van der Waals surface area contributed by atoms with Crippen LogP contribution in [0.5, 0.6) is 11.5 Å². The largest absolute Gasteiger partial charge is 0.495 e. The van der Waals surface area contributed by atoms with Crippen molar-refractivity contribution < 1.29 is 31.1 Å². The minimum atomic E-state index is -4.07. The van der Waals surface area contributed by atoms with Crippen LogP contribution in [-0.4, -0.2) is 66.9 Å². The Hall–Kier alpha value is -3.61. The van der Waals surface area contributed by atoms with Crippen LogP contribution in [0.15, 0.2) is 88.7 Å². The lowest BCUT2D eigenvalue weighted by atomic mass is 10.2. The van der Waals surface area contributed by atoms with Crippen molar-refractivity contribution in [3.63, 3.8) is 0 Å². The summed E-state index contributed by atoms with van der Waals surface area (Å²) in [5, 5.41) is 2.68. The number of hydrogen-bond donors (Lipinski definition) is 1. The summed E-state index contributed by atoms with van der Waals surface area (Å²) in [5.74, 6) is 0.231. The van der Waals surface area contributed by atoms with Gasteiger partial charge in [-0.2, -0.15) is 4.31 Å². The summed E-state index contributed by atoms with van der Waals surface area (Å²) >= 11 is 0. The van der Waals surface area contributed by atoms with E-state index in [9.17, 15) is 21.6 Å². The first-order valence-electron chi connectivity index (χ1n) is 12.9. The van der Waals surface area contributed by atoms with Crippen molar-refractivity contribution in [3.8, 4) is 11.5 Å². The fourth-order valence-electron chi connectivity index (χ4n) is 4.36. The van der Waals surface area contributed by atoms with Crippen LogP contribution < -0.4 is 19.1 Å². The molecular formula is C28H33N3O7S2. The SMILES string of the molecule is COc1ccccc1N(CC(=O)NCCOc1ccc(S(=O)(=O)N2CCCCC2)cc1)S(=O)(=O)c1ccccc1. The number of carbonyl (C=O) groups excluding carboxylic acids is 1. The number of nitrogens with one attached hydrogen (secondary N) is 1. The van der Waals surface area contributed by atoms with Gasteiger partial charge in [-0.15, -0.1) is 0 Å². The fraction of sp³-hybridized carbons (Fsp3) is 0.321. The maximum atomic E-state index is 13.5. The zero-order chi connectivity index (χ0) is 28.6. The number of methoxy groups -OCH3 is 1. The highest BCUT2D eigenvalue weighted by Crippen LogP contribution is 2.32. The third-order valence-corrected chi connectivity index (χ3v) is 10.1. The van der Waals surface area contributed by atoms with E-state index < -0.39 is 32.5 Å². The molecule has 40 heavy (non-hydrogen) atoms. The first-order valence-corrected chi connectivity index (χ1v) is 15.8. The van der Waals surface area contributed by atoms with Crippen molar-refractivity contribution in [2.75, 3.05) is 44.2 Å². The maximum Gasteiger partial charge on any atom is 0.264 e. The summed E-state index contributed by atoms with van der Waals surface area (Å²) in [6.07, 6.45) is 2.76. The molecule has 0 saturated carbocycles. The summed E-state index contributed by atoms with van der Waals surface area (Å²) in [6.45, 7) is 0.797. The van der Waals surface area contributed by atoms with Crippen LogP contribution in [0.4, 0.5) is 5.69 Å². The van der Waals surface area contributed by atoms with Crippen molar-refractivity contribution in [2.24, 2.45) is 0 Å². The molecule has 1 aliphatic rings. The first kappa shape index (κ1) is 29.4. The molecule has 214 valence electrons. The van der Waals surface area contributed by atoms with Crippen molar-refractivity contribution in [1.82, 2.24) is 9.62 Å². The van der Waals surface area contributed by atoms with E-state index >= 15 is 0 Å². The molecule has 1 aliphatic heterocycles. The Bertz CT molecular complexity index is 1490. The molecule has 0 radical (unpaired) electrons. The number of carbonyl (C=O) groups is 1. The summed E-state index contributed by atoms with van der Waals surface area (Å²) in [7, 11) is -6.17. The third-order valence-electron chi connectivity index (χ3n) is 6.44. The minimum Gasteiger partial charge on any atom is -0.495 e. The molecule has 1 amide bonds. The van der Waals surface area contributed by atoms with Crippen LogP contribution in [0.3, 0.4) is 0 Å². The molecule has 4 rings (SSSR count). The molecule has 12 heteroatoms. The van der Waals surface area contributed by atoms with Gasteiger partial charge in [0.25, 0.3) is 10.0 Å². The summed E-state index contributed by atoms with van der Waals surface area (Å²) in [4.78, 5) is 13.1. The van der Waals surface area contributed by atoms with Crippen molar-refractivity contribution in [3.05, 3.63) is 78.9 Å². The van der Waals surface area contributed by atoms with Gasteiger partial charge < -0.3 is 14.8 Å². The Kier molecular flexibility index (Phi) is 9.67. The Morgan fingerprint density at radius 3 is 2.17 bits per heavy atom. The molecule has 1 saturated heterocycles. The average molecular weight is 588 g/mol.